The van der Waals surface area contributed by atoms with E-state index >= 15 is 0 Å². The van der Waals surface area contributed by atoms with E-state index in [4.69, 9.17) is 21.1 Å². The zero-order valence-corrected chi connectivity index (χ0v) is 20.1. The van der Waals surface area contributed by atoms with Crippen molar-refractivity contribution in [3.8, 4) is 11.5 Å². The van der Waals surface area contributed by atoms with Crippen LogP contribution in [-0.4, -0.2) is 33.1 Å². The number of nitrogens with zero attached hydrogens (tertiary/aromatic N) is 1. The van der Waals surface area contributed by atoms with Gasteiger partial charge in [0.05, 0.1) is 24.8 Å². The molecule has 0 radical (unpaired) electrons. The molecule has 0 aliphatic rings. The Hall–Kier alpha value is -3.30. The van der Waals surface area contributed by atoms with E-state index in [1.165, 1.54) is 44.6 Å². The zero-order valence-electron chi connectivity index (χ0n) is 18.5. The summed E-state index contributed by atoms with van der Waals surface area (Å²) in [6.45, 7) is 2.78. The minimum atomic E-state index is -4.13. The molecule has 0 spiro atoms. The SMILES string of the molecule is COc1ccc(S(=O)(=O)c2c(C)cc(C)n(CC(=O)Nc3cc(Cl)ccc3OC)c2=O)cc1. The molecule has 0 aliphatic carbocycles. The smallest absolute Gasteiger partial charge is 0.270 e. The molecule has 1 heterocycles. The summed E-state index contributed by atoms with van der Waals surface area (Å²) in [5.74, 6) is 0.334. The van der Waals surface area contributed by atoms with Gasteiger partial charge in [0.25, 0.3) is 5.56 Å². The van der Waals surface area contributed by atoms with Crippen molar-refractivity contribution in [1.29, 1.82) is 0 Å². The number of rotatable bonds is 7. The van der Waals surface area contributed by atoms with Crippen molar-refractivity contribution in [1.82, 2.24) is 4.57 Å². The fourth-order valence-corrected chi connectivity index (χ4v) is 5.14. The Kier molecular flexibility index (Phi) is 7.14. The van der Waals surface area contributed by atoms with E-state index in [0.717, 1.165) is 4.57 Å². The maximum absolute atomic E-state index is 13.3. The van der Waals surface area contributed by atoms with Crippen LogP contribution in [0.2, 0.25) is 5.02 Å². The molecule has 0 saturated carbocycles. The lowest BCUT2D eigenvalue weighted by atomic mass is 10.2. The molecule has 174 valence electrons. The van der Waals surface area contributed by atoms with Crippen molar-refractivity contribution >= 4 is 33.0 Å². The van der Waals surface area contributed by atoms with Crippen molar-refractivity contribution in [2.45, 2.75) is 30.2 Å². The van der Waals surface area contributed by atoms with Gasteiger partial charge in [0.2, 0.25) is 15.7 Å². The van der Waals surface area contributed by atoms with Crippen LogP contribution in [0.3, 0.4) is 0 Å². The molecular weight excluding hydrogens is 468 g/mol. The summed E-state index contributed by atoms with van der Waals surface area (Å²) in [6.07, 6.45) is 0. The third-order valence-corrected chi connectivity index (χ3v) is 7.19. The highest BCUT2D eigenvalue weighted by atomic mass is 35.5. The maximum atomic E-state index is 13.3. The van der Waals surface area contributed by atoms with Crippen molar-refractivity contribution in [3.63, 3.8) is 0 Å². The molecule has 0 bridgehead atoms. The molecule has 0 saturated heterocycles. The summed E-state index contributed by atoms with van der Waals surface area (Å²) in [4.78, 5) is 25.5. The van der Waals surface area contributed by atoms with Gasteiger partial charge in [-0.1, -0.05) is 11.6 Å². The average molecular weight is 491 g/mol. The third kappa shape index (κ3) is 5.04. The molecule has 3 rings (SSSR count). The number of benzene rings is 2. The van der Waals surface area contributed by atoms with Gasteiger partial charge in [-0.15, -0.1) is 0 Å². The number of carbonyl (C=O) groups is 1. The van der Waals surface area contributed by atoms with Crippen molar-refractivity contribution in [2.24, 2.45) is 0 Å². The van der Waals surface area contributed by atoms with Crippen LogP contribution in [0, 0.1) is 13.8 Å². The molecule has 1 aromatic heterocycles. The number of hydrogen-bond donors (Lipinski definition) is 1. The Morgan fingerprint density at radius 3 is 2.30 bits per heavy atom. The fourth-order valence-electron chi connectivity index (χ4n) is 3.42. The minimum Gasteiger partial charge on any atom is -0.497 e. The van der Waals surface area contributed by atoms with Crippen molar-refractivity contribution in [2.75, 3.05) is 19.5 Å². The maximum Gasteiger partial charge on any atom is 0.270 e. The quantitative estimate of drug-likeness (QED) is 0.542. The van der Waals surface area contributed by atoms with Gasteiger partial charge in [0.15, 0.2) is 0 Å². The van der Waals surface area contributed by atoms with Gasteiger partial charge < -0.3 is 19.4 Å². The Balaban J connectivity index is 1.99. The molecule has 2 aromatic carbocycles. The number of ether oxygens (including phenoxy) is 2. The molecule has 0 atom stereocenters. The van der Waals surface area contributed by atoms with Crippen LogP contribution < -0.4 is 20.3 Å². The lowest BCUT2D eigenvalue weighted by Crippen LogP contribution is -2.33. The van der Waals surface area contributed by atoms with Crippen LogP contribution in [0.5, 0.6) is 11.5 Å². The van der Waals surface area contributed by atoms with Crippen LogP contribution in [0.4, 0.5) is 5.69 Å². The molecule has 33 heavy (non-hydrogen) atoms. The molecule has 0 aliphatic heterocycles. The van der Waals surface area contributed by atoms with E-state index in [9.17, 15) is 18.0 Å². The molecule has 10 heteroatoms. The van der Waals surface area contributed by atoms with Gasteiger partial charge >= 0.3 is 0 Å². The normalized spacial score (nSPS) is 11.2. The number of pyridine rings is 1. The first-order chi connectivity index (χ1) is 15.6. The summed E-state index contributed by atoms with van der Waals surface area (Å²) in [7, 11) is -1.22. The molecule has 3 aromatic rings. The average Bonchev–Trinajstić information content (AvgIpc) is 2.76. The van der Waals surface area contributed by atoms with Gasteiger partial charge in [0.1, 0.15) is 22.9 Å². The van der Waals surface area contributed by atoms with E-state index in [0.29, 0.717) is 33.5 Å². The monoisotopic (exact) mass is 490 g/mol. The number of hydrogen-bond acceptors (Lipinski definition) is 6. The summed E-state index contributed by atoms with van der Waals surface area (Å²) in [6, 6.07) is 12.0. The Morgan fingerprint density at radius 1 is 1.03 bits per heavy atom. The van der Waals surface area contributed by atoms with Crippen LogP contribution >= 0.6 is 11.6 Å². The van der Waals surface area contributed by atoms with E-state index in [2.05, 4.69) is 5.32 Å². The molecule has 1 N–H and O–H groups in total. The number of methoxy groups -OCH3 is 2. The number of aryl methyl sites for hydroxylation is 2. The highest BCUT2D eigenvalue weighted by Gasteiger charge is 2.26. The topological polar surface area (TPSA) is 104 Å². The zero-order chi connectivity index (χ0) is 24.3. The first-order valence-electron chi connectivity index (χ1n) is 9.82. The number of halogens is 1. The summed E-state index contributed by atoms with van der Waals surface area (Å²) in [5, 5.41) is 3.04. The lowest BCUT2D eigenvalue weighted by molar-refractivity contribution is -0.116. The van der Waals surface area contributed by atoms with E-state index in [-0.39, 0.29) is 9.79 Å². The highest BCUT2D eigenvalue weighted by molar-refractivity contribution is 7.91. The highest BCUT2D eigenvalue weighted by Crippen LogP contribution is 2.28. The van der Waals surface area contributed by atoms with E-state index < -0.39 is 27.8 Å². The minimum absolute atomic E-state index is 0.0491. The number of nitrogens with one attached hydrogen (secondary N) is 1. The Bertz CT molecular complexity index is 1360. The first kappa shape index (κ1) is 24.3. The number of amides is 1. The number of anilines is 1. The second-order valence-electron chi connectivity index (χ2n) is 7.26. The standard InChI is InChI=1S/C23H23ClN2O6S/c1-14-11-15(2)26(13-21(27)25-19-12-16(24)5-10-20(19)32-4)23(28)22(14)33(29,30)18-8-6-17(31-3)7-9-18/h5-12H,13H2,1-4H3,(H,25,27). The second kappa shape index (κ2) is 9.68. The van der Waals surface area contributed by atoms with Crippen LogP contribution in [0.1, 0.15) is 11.3 Å². The molecular formula is C23H23ClN2O6S. The molecule has 0 fully saturated rings. The predicted octanol–water partition coefficient (Wildman–Crippen LogP) is 3.61. The predicted molar refractivity (Wildman–Crippen MR) is 125 cm³/mol. The molecule has 1 amide bonds. The number of aromatic nitrogens is 1. The van der Waals surface area contributed by atoms with Crippen molar-refractivity contribution < 1.29 is 22.7 Å². The molecule has 8 nitrogen and oxygen atoms in total. The Labute approximate surface area is 196 Å². The fraction of sp³-hybridized carbons (Fsp3) is 0.217. The number of sulfone groups is 1. The number of carbonyl (C=O) groups excluding carboxylic acids is 1. The second-order valence-corrected chi connectivity index (χ2v) is 9.58. The Morgan fingerprint density at radius 2 is 1.70 bits per heavy atom. The summed E-state index contributed by atoms with van der Waals surface area (Å²) >= 11 is 6.00. The van der Waals surface area contributed by atoms with Crippen LogP contribution in [-0.2, 0) is 21.2 Å². The lowest BCUT2D eigenvalue weighted by Gasteiger charge is -2.16. The van der Waals surface area contributed by atoms with Gasteiger partial charge in [-0.2, -0.15) is 0 Å². The van der Waals surface area contributed by atoms with Gasteiger partial charge in [0, 0.05) is 10.7 Å². The molecule has 0 unspecified atom stereocenters. The van der Waals surface area contributed by atoms with Crippen LogP contribution in [0.15, 0.2) is 63.1 Å². The van der Waals surface area contributed by atoms with Gasteiger partial charge in [-0.05, 0) is 67.9 Å². The summed E-state index contributed by atoms with van der Waals surface area (Å²) < 4.78 is 37.9. The first-order valence-corrected chi connectivity index (χ1v) is 11.7. The van der Waals surface area contributed by atoms with Crippen molar-refractivity contribution in [3.05, 3.63) is 75.2 Å². The third-order valence-electron chi connectivity index (χ3n) is 5.02. The summed E-state index contributed by atoms with van der Waals surface area (Å²) in [5.41, 5.74) is 0.288. The van der Waals surface area contributed by atoms with Gasteiger partial charge in [-0.3, -0.25) is 9.59 Å². The largest absolute Gasteiger partial charge is 0.497 e. The van der Waals surface area contributed by atoms with E-state index in [1.54, 1.807) is 32.0 Å². The van der Waals surface area contributed by atoms with Crippen LogP contribution in [0.25, 0.3) is 0 Å². The van der Waals surface area contributed by atoms with E-state index in [1.807, 2.05) is 0 Å². The van der Waals surface area contributed by atoms with Gasteiger partial charge in [-0.25, -0.2) is 8.42 Å².